The molecule has 0 spiro atoms. The molecule has 0 unspecified atom stereocenters. The molecule has 0 saturated heterocycles. The molecule has 2 rings (SSSR count). The van der Waals surface area contributed by atoms with Crippen LogP contribution in [0, 0.1) is 13.8 Å². The fourth-order valence-corrected chi connectivity index (χ4v) is 2.60. The first kappa shape index (κ1) is 19.0. The van der Waals surface area contributed by atoms with E-state index in [9.17, 15) is 4.79 Å². The van der Waals surface area contributed by atoms with Crippen LogP contribution in [0.25, 0.3) is 0 Å². The summed E-state index contributed by atoms with van der Waals surface area (Å²) in [6.07, 6.45) is 0. The Hall–Kier alpha value is -2.34. The maximum Gasteiger partial charge on any atom is 0.255 e. The molecule has 0 aliphatic carbocycles. The zero-order valence-electron chi connectivity index (χ0n) is 15.5. The van der Waals surface area contributed by atoms with Crippen molar-refractivity contribution >= 4 is 5.91 Å². The van der Waals surface area contributed by atoms with Crippen molar-refractivity contribution in [3.8, 4) is 5.75 Å². The van der Waals surface area contributed by atoms with E-state index in [1.807, 2.05) is 26.0 Å². The van der Waals surface area contributed by atoms with Crippen molar-refractivity contribution < 1.29 is 14.1 Å². The molecule has 6 nitrogen and oxygen atoms in total. The molecule has 136 valence electrons. The average Bonchev–Trinajstić information content (AvgIpc) is 2.95. The van der Waals surface area contributed by atoms with E-state index >= 15 is 0 Å². The molecule has 0 fully saturated rings. The van der Waals surface area contributed by atoms with Crippen LogP contribution < -0.4 is 10.1 Å². The molecule has 1 aromatic heterocycles. The zero-order valence-corrected chi connectivity index (χ0v) is 15.5. The Bertz CT molecular complexity index is 673. The Labute approximate surface area is 149 Å². The molecule has 0 aliphatic heterocycles. The van der Waals surface area contributed by atoms with E-state index in [0.29, 0.717) is 24.5 Å². The van der Waals surface area contributed by atoms with E-state index in [-0.39, 0.29) is 5.91 Å². The van der Waals surface area contributed by atoms with E-state index in [1.54, 1.807) is 12.1 Å². The number of aromatic nitrogens is 1. The Morgan fingerprint density at radius 3 is 2.60 bits per heavy atom. The lowest BCUT2D eigenvalue weighted by Gasteiger charge is -2.18. The molecule has 0 radical (unpaired) electrons. The SMILES string of the molecule is CCN(CC)CCNC(=O)c1ccccc1OCc1c(C)noc1C. The molecule has 0 aliphatic rings. The first-order chi connectivity index (χ1) is 12.1. The number of benzene rings is 1. The maximum absolute atomic E-state index is 12.5. The first-order valence-electron chi connectivity index (χ1n) is 8.70. The number of nitrogens with zero attached hydrogens (tertiary/aromatic N) is 2. The average molecular weight is 345 g/mol. The molecule has 2 aromatic rings. The van der Waals surface area contributed by atoms with Gasteiger partial charge in [-0.3, -0.25) is 4.79 Å². The predicted molar refractivity (Wildman–Crippen MR) is 96.9 cm³/mol. The lowest BCUT2D eigenvalue weighted by molar-refractivity contribution is 0.0944. The van der Waals surface area contributed by atoms with Crippen LogP contribution in [-0.2, 0) is 6.61 Å². The molecule has 0 atom stereocenters. The van der Waals surface area contributed by atoms with Gasteiger partial charge in [0.2, 0.25) is 0 Å². The molecule has 0 saturated carbocycles. The van der Waals surface area contributed by atoms with E-state index in [2.05, 4.69) is 29.2 Å². The summed E-state index contributed by atoms with van der Waals surface area (Å²) >= 11 is 0. The second kappa shape index (κ2) is 9.22. The van der Waals surface area contributed by atoms with Gasteiger partial charge in [-0.2, -0.15) is 0 Å². The van der Waals surface area contributed by atoms with Crippen LogP contribution in [0.3, 0.4) is 0 Å². The lowest BCUT2D eigenvalue weighted by atomic mass is 10.2. The molecule has 1 heterocycles. The van der Waals surface area contributed by atoms with E-state index < -0.39 is 0 Å². The fourth-order valence-electron chi connectivity index (χ4n) is 2.60. The van der Waals surface area contributed by atoms with E-state index in [1.165, 1.54) is 0 Å². The summed E-state index contributed by atoms with van der Waals surface area (Å²) in [5.41, 5.74) is 2.25. The standard InChI is InChI=1S/C19H27N3O3/c1-5-22(6-2)12-11-20-19(23)16-9-7-8-10-18(16)24-13-17-14(3)21-25-15(17)4/h7-10H,5-6,11-13H2,1-4H3,(H,20,23). The van der Waals surface area contributed by atoms with Gasteiger partial charge in [-0.05, 0) is 39.1 Å². The molecule has 1 amide bonds. The number of hydrogen-bond donors (Lipinski definition) is 1. The summed E-state index contributed by atoms with van der Waals surface area (Å²) in [6, 6.07) is 7.27. The van der Waals surface area contributed by atoms with Crippen molar-refractivity contribution in [1.29, 1.82) is 0 Å². The molecular weight excluding hydrogens is 318 g/mol. The number of ether oxygens (including phenoxy) is 1. The number of hydrogen-bond acceptors (Lipinski definition) is 5. The summed E-state index contributed by atoms with van der Waals surface area (Å²) in [5, 5.41) is 6.88. The van der Waals surface area contributed by atoms with Gasteiger partial charge in [-0.1, -0.05) is 31.1 Å². The lowest BCUT2D eigenvalue weighted by Crippen LogP contribution is -2.34. The van der Waals surface area contributed by atoms with Gasteiger partial charge in [0.05, 0.1) is 16.8 Å². The highest BCUT2D eigenvalue weighted by Crippen LogP contribution is 2.21. The minimum Gasteiger partial charge on any atom is -0.488 e. The van der Waals surface area contributed by atoms with Gasteiger partial charge in [-0.25, -0.2) is 0 Å². The largest absolute Gasteiger partial charge is 0.488 e. The van der Waals surface area contributed by atoms with Gasteiger partial charge in [0.1, 0.15) is 18.1 Å². The van der Waals surface area contributed by atoms with Crippen LogP contribution in [0.1, 0.15) is 41.2 Å². The minimum absolute atomic E-state index is 0.124. The van der Waals surface area contributed by atoms with Crippen LogP contribution in [0.5, 0.6) is 5.75 Å². The number of amides is 1. The van der Waals surface area contributed by atoms with Gasteiger partial charge in [-0.15, -0.1) is 0 Å². The Morgan fingerprint density at radius 1 is 1.24 bits per heavy atom. The minimum atomic E-state index is -0.124. The summed E-state index contributed by atoms with van der Waals surface area (Å²) in [4.78, 5) is 14.7. The third-order valence-corrected chi connectivity index (χ3v) is 4.29. The van der Waals surface area contributed by atoms with Crippen molar-refractivity contribution in [3.05, 3.63) is 46.8 Å². The first-order valence-corrected chi connectivity index (χ1v) is 8.70. The van der Waals surface area contributed by atoms with Gasteiger partial charge >= 0.3 is 0 Å². The normalized spacial score (nSPS) is 10.9. The highest BCUT2D eigenvalue weighted by atomic mass is 16.5. The van der Waals surface area contributed by atoms with E-state index in [4.69, 9.17) is 9.26 Å². The number of para-hydroxylation sites is 1. The Morgan fingerprint density at radius 2 is 1.96 bits per heavy atom. The number of nitrogens with one attached hydrogen (secondary N) is 1. The molecule has 1 aromatic carbocycles. The highest BCUT2D eigenvalue weighted by molar-refractivity contribution is 5.96. The summed E-state index contributed by atoms with van der Waals surface area (Å²) in [5.74, 6) is 1.17. The maximum atomic E-state index is 12.5. The predicted octanol–water partition coefficient (Wildman–Crippen LogP) is 2.94. The van der Waals surface area contributed by atoms with Gasteiger partial charge in [0.15, 0.2) is 0 Å². The number of rotatable bonds is 9. The van der Waals surface area contributed by atoms with Crippen LogP contribution in [0.2, 0.25) is 0 Å². The molecule has 6 heteroatoms. The zero-order chi connectivity index (χ0) is 18.2. The second-order valence-corrected chi connectivity index (χ2v) is 5.87. The highest BCUT2D eigenvalue weighted by Gasteiger charge is 2.14. The van der Waals surface area contributed by atoms with Crippen molar-refractivity contribution in [2.75, 3.05) is 26.2 Å². The molecule has 1 N–H and O–H groups in total. The third-order valence-electron chi connectivity index (χ3n) is 4.29. The van der Waals surface area contributed by atoms with Crippen LogP contribution in [0.4, 0.5) is 0 Å². The number of likely N-dealkylation sites (N-methyl/N-ethyl adjacent to an activating group) is 1. The van der Waals surface area contributed by atoms with Crippen molar-refractivity contribution in [2.45, 2.75) is 34.3 Å². The van der Waals surface area contributed by atoms with Crippen molar-refractivity contribution in [2.24, 2.45) is 0 Å². The molecule has 25 heavy (non-hydrogen) atoms. The van der Waals surface area contributed by atoms with Crippen molar-refractivity contribution in [1.82, 2.24) is 15.4 Å². The third kappa shape index (κ3) is 5.06. The van der Waals surface area contributed by atoms with Crippen LogP contribution >= 0.6 is 0 Å². The van der Waals surface area contributed by atoms with E-state index in [0.717, 1.165) is 36.7 Å². The summed E-state index contributed by atoms with van der Waals surface area (Å²) in [7, 11) is 0. The Balaban J connectivity index is 1.98. The number of carbonyl (C=O) groups is 1. The summed E-state index contributed by atoms with van der Waals surface area (Å²) < 4.78 is 11.0. The summed E-state index contributed by atoms with van der Waals surface area (Å²) in [6.45, 7) is 11.7. The number of carbonyl (C=O) groups excluding carboxylic acids is 1. The smallest absolute Gasteiger partial charge is 0.255 e. The fraction of sp³-hybridized carbons (Fsp3) is 0.474. The topological polar surface area (TPSA) is 67.6 Å². The number of aryl methyl sites for hydroxylation is 2. The van der Waals surface area contributed by atoms with Gasteiger partial charge in [0.25, 0.3) is 5.91 Å². The molecule has 0 bridgehead atoms. The van der Waals surface area contributed by atoms with Crippen molar-refractivity contribution in [3.63, 3.8) is 0 Å². The monoisotopic (exact) mass is 345 g/mol. The van der Waals surface area contributed by atoms with Gasteiger partial charge in [0, 0.05) is 13.1 Å². The second-order valence-electron chi connectivity index (χ2n) is 5.87. The van der Waals surface area contributed by atoms with Gasteiger partial charge < -0.3 is 19.5 Å². The Kier molecular flexibility index (Phi) is 7.01. The van der Waals surface area contributed by atoms with Crippen LogP contribution in [0.15, 0.2) is 28.8 Å². The molecular formula is C19H27N3O3. The van der Waals surface area contributed by atoms with Crippen LogP contribution in [-0.4, -0.2) is 42.1 Å². The quantitative estimate of drug-likeness (QED) is 0.757.